The van der Waals surface area contributed by atoms with Crippen LogP contribution in [0, 0.1) is 19.8 Å². The fourth-order valence-corrected chi connectivity index (χ4v) is 4.80. The molecule has 6 nitrogen and oxygen atoms in total. The van der Waals surface area contributed by atoms with E-state index >= 15 is 0 Å². The molecular weight excluding hydrogens is 414 g/mol. The van der Waals surface area contributed by atoms with Crippen molar-refractivity contribution in [3.8, 4) is 0 Å². The summed E-state index contributed by atoms with van der Waals surface area (Å²) < 4.78 is 5.21. The topological polar surface area (TPSA) is 62.2 Å². The van der Waals surface area contributed by atoms with E-state index in [1.165, 1.54) is 5.56 Å². The molecule has 4 rings (SSSR count). The molecule has 1 amide bonds. The number of aryl methyl sites for hydroxylation is 2. The van der Waals surface area contributed by atoms with Crippen LogP contribution in [0.5, 0.6) is 0 Å². The van der Waals surface area contributed by atoms with Gasteiger partial charge in [-0.25, -0.2) is 5.01 Å². The van der Waals surface area contributed by atoms with Crippen molar-refractivity contribution in [2.45, 2.75) is 46.1 Å². The van der Waals surface area contributed by atoms with E-state index in [0.29, 0.717) is 19.6 Å². The number of likely N-dealkylation sites (tertiary alicyclic amines) is 1. The zero-order chi connectivity index (χ0) is 23.4. The van der Waals surface area contributed by atoms with E-state index < -0.39 is 0 Å². The minimum atomic E-state index is -0.163. The van der Waals surface area contributed by atoms with E-state index in [4.69, 9.17) is 9.84 Å². The molecule has 1 fully saturated rings. The Balaban J connectivity index is 1.55. The van der Waals surface area contributed by atoms with E-state index in [1.54, 1.807) is 5.01 Å². The van der Waals surface area contributed by atoms with Crippen LogP contribution in [0.25, 0.3) is 0 Å². The largest absolute Gasteiger partial charge is 0.466 e. The number of ether oxygens (including phenoxy) is 1. The molecule has 0 N–H and O–H groups in total. The SMILES string of the molecule is CCOC(=O)C1CCCN(CC(=O)N2N=C(c3cc(C)ccc3C)CC2c2ccccc2)C1. The highest BCUT2D eigenvalue weighted by Gasteiger charge is 2.35. The molecule has 2 aromatic carbocycles. The number of amides is 1. The molecule has 0 radical (unpaired) electrons. The monoisotopic (exact) mass is 447 g/mol. The van der Waals surface area contributed by atoms with Gasteiger partial charge in [0.1, 0.15) is 0 Å². The summed E-state index contributed by atoms with van der Waals surface area (Å²) in [5.74, 6) is -0.356. The van der Waals surface area contributed by atoms with Gasteiger partial charge in [0.2, 0.25) is 0 Å². The van der Waals surface area contributed by atoms with Crippen molar-refractivity contribution in [1.82, 2.24) is 9.91 Å². The van der Waals surface area contributed by atoms with Gasteiger partial charge in [-0.1, -0.05) is 48.0 Å². The number of hydrazone groups is 1. The summed E-state index contributed by atoms with van der Waals surface area (Å²) in [6.07, 6.45) is 2.39. The maximum absolute atomic E-state index is 13.5. The van der Waals surface area contributed by atoms with Gasteiger partial charge in [0, 0.05) is 18.5 Å². The first-order chi connectivity index (χ1) is 16.0. The molecule has 33 heavy (non-hydrogen) atoms. The maximum Gasteiger partial charge on any atom is 0.310 e. The molecule has 2 aliphatic rings. The first kappa shape index (κ1) is 23.2. The van der Waals surface area contributed by atoms with Crippen LogP contribution < -0.4 is 0 Å². The molecule has 0 aromatic heterocycles. The Morgan fingerprint density at radius 3 is 2.67 bits per heavy atom. The fourth-order valence-electron chi connectivity index (χ4n) is 4.80. The van der Waals surface area contributed by atoms with Gasteiger partial charge in [0.05, 0.1) is 30.8 Å². The van der Waals surface area contributed by atoms with Crippen molar-refractivity contribution in [1.29, 1.82) is 0 Å². The van der Waals surface area contributed by atoms with Crippen molar-refractivity contribution in [3.05, 3.63) is 70.8 Å². The van der Waals surface area contributed by atoms with E-state index in [2.05, 4.69) is 49.1 Å². The second-order valence-electron chi connectivity index (χ2n) is 9.06. The van der Waals surface area contributed by atoms with Crippen LogP contribution >= 0.6 is 0 Å². The highest BCUT2D eigenvalue weighted by atomic mass is 16.5. The molecule has 174 valence electrons. The van der Waals surface area contributed by atoms with Crippen LogP contribution in [0.4, 0.5) is 0 Å². The Hall–Kier alpha value is -2.99. The van der Waals surface area contributed by atoms with Crippen molar-refractivity contribution in [2.75, 3.05) is 26.2 Å². The van der Waals surface area contributed by atoms with Crippen LogP contribution in [-0.4, -0.2) is 53.7 Å². The lowest BCUT2D eigenvalue weighted by molar-refractivity contribution is -0.150. The molecule has 2 aliphatic heterocycles. The van der Waals surface area contributed by atoms with Gasteiger partial charge in [-0.05, 0) is 57.4 Å². The number of nitrogens with zero attached hydrogens (tertiary/aromatic N) is 3. The average molecular weight is 448 g/mol. The van der Waals surface area contributed by atoms with Crippen LogP contribution in [0.1, 0.15) is 54.5 Å². The van der Waals surface area contributed by atoms with Crippen molar-refractivity contribution >= 4 is 17.6 Å². The molecule has 2 atom stereocenters. The van der Waals surface area contributed by atoms with Crippen molar-refractivity contribution in [3.63, 3.8) is 0 Å². The molecular formula is C27H33N3O3. The second kappa shape index (κ2) is 10.3. The highest BCUT2D eigenvalue weighted by Crippen LogP contribution is 2.34. The molecule has 2 unspecified atom stereocenters. The van der Waals surface area contributed by atoms with E-state index in [0.717, 1.165) is 41.8 Å². The summed E-state index contributed by atoms with van der Waals surface area (Å²) in [6, 6.07) is 16.3. The number of rotatable bonds is 6. The lowest BCUT2D eigenvalue weighted by Crippen LogP contribution is -2.44. The summed E-state index contributed by atoms with van der Waals surface area (Å²) in [7, 11) is 0. The number of carbonyl (C=O) groups excluding carboxylic acids is 2. The lowest BCUT2D eigenvalue weighted by atomic mass is 9.95. The number of hydrogen-bond donors (Lipinski definition) is 0. The predicted molar refractivity (Wildman–Crippen MR) is 129 cm³/mol. The minimum absolute atomic E-state index is 0.0336. The maximum atomic E-state index is 13.5. The minimum Gasteiger partial charge on any atom is -0.466 e. The zero-order valence-corrected chi connectivity index (χ0v) is 19.8. The number of benzene rings is 2. The quantitative estimate of drug-likeness (QED) is 0.621. The van der Waals surface area contributed by atoms with E-state index in [1.807, 2.05) is 25.1 Å². The van der Waals surface area contributed by atoms with Gasteiger partial charge in [-0.3, -0.25) is 14.5 Å². The molecule has 2 aromatic rings. The Kier molecular flexibility index (Phi) is 7.23. The Bertz CT molecular complexity index is 1030. The van der Waals surface area contributed by atoms with Gasteiger partial charge in [-0.15, -0.1) is 0 Å². The molecule has 2 heterocycles. The molecule has 1 saturated heterocycles. The summed E-state index contributed by atoms with van der Waals surface area (Å²) >= 11 is 0. The molecule has 0 bridgehead atoms. The van der Waals surface area contributed by atoms with Crippen LogP contribution in [0.2, 0.25) is 0 Å². The zero-order valence-electron chi connectivity index (χ0n) is 19.8. The van der Waals surface area contributed by atoms with Crippen LogP contribution in [-0.2, 0) is 14.3 Å². The van der Waals surface area contributed by atoms with Crippen molar-refractivity contribution < 1.29 is 14.3 Å². The Morgan fingerprint density at radius 1 is 1.12 bits per heavy atom. The van der Waals surface area contributed by atoms with Crippen LogP contribution in [0.3, 0.4) is 0 Å². The molecule has 6 heteroatoms. The van der Waals surface area contributed by atoms with Gasteiger partial charge in [0.25, 0.3) is 5.91 Å². The summed E-state index contributed by atoms with van der Waals surface area (Å²) in [5.41, 5.74) is 5.47. The third-order valence-electron chi connectivity index (χ3n) is 6.54. The predicted octanol–water partition coefficient (Wildman–Crippen LogP) is 4.26. The third kappa shape index (κ3) is 5.33. The molecule has 0 saturated carbocycles. The summed E-state index contributed by atoms with van der Waals surface area (Å²) in [4.78, 5) is 27.8. The number of esters is 1. The standard InChI is InChI=1S/C27H33N3O3/c1-4-33-27(32)22-11-8-14-29(17-22)18-26(31)30-25(21-9-6-5-7-10-21)16-24(28-30)23-15-19(2)12-13-20(23)3/h5-7,9-10,12-13,15,22,25H,4,8,11,14,16-18H2,1-3H3. The number of piperidine rings is 1. The summed E-state index contributed by atoms with van der Waals surface area (Å²) in [6.45, 7) is 7.99. The molecule has 0 spiro atoms. The first-order valence-corrected chi connectivity index (χ1v) is 11.9. The second-order valence-corrected chi connectivity index (χ2v) is 9.06. The smallest absolute Gasteiger partial charge is 0.310 e. The molecule has 0 aliphatic carbocycles. The van der Waals surface area contributed by atoms with Gasteiger partial charge in [0.15, 0.2) is 0 Å². The number of carbonyl (C=O) groups is 2. The van der Waals surface area contributed by atoms with Crippen molar-refractivity contribution in [2.24, 2.45) is 11.0 Å². The van der Waals surface area contributed by atoms with Gasteiger partial charge in [-0.2, -0.15) is 5.10 Å². The number of hydrogen-bond acceptors (Lipinski definition) is 5. The van der Waals surface area contributed by atoms with Crippen LogP contribution in [0.15, 0.2) is 53.6 Å². The normalized spacial score (nSPS) is 21.1. The average Bonchev–Trinajstić information content (AvgIpc) is 3.27. The lowest BCUT2D eigenvalue weighted by Gasteiger charge is -2.32. The first-order valence-electron chi connectivity index (χ1n) is 11.9. The fraction of sp³-hybridized carbons (Fsp3) is 0.444. The van der Waals surface area contributed by atoms with E-state index in [9.17, 15) is 9.59 Å². The van der Waals surface area contributed by atoms with Gasteiger partial charge < -0.3 is 4.74 Å². The Morgan fingerprint density at radius 2 is 1.91 bits per heavy atom. The van der Waals surface area contributed by atoms with Gasteiger partial charge >= 0.3 is 5.97 Å². The third-order valence-corrected chi connectivity index (χ3v) is 6.54. The van der Waals surface area contributed by atoms with E-state index in [-0.39, 0.29) is 30.4 Å². The Labute approximate surface area is 196 Å². The highest BCUT2D eigenvalue weighted by molar-refractivity contribution is 6.04. The summed E-state index contributed by atoms with van der Waals surface area (Å²) in [5, 5.41) is 6.52.